The second-order valence-electron chi connectivity index (χ2n) is 5.33. The number of methoxy groups -OCH3 is 1. The van der Waals surface area contributed by atoms with Gasteiger partial charge >= 0.3 is 5.97 Å². The SMILES string of the molecule is COc1cccc(C(=O)NCC(=O)N2CCSCC2CC(=O)O)c1. The minimum Gasteiger partial charge on any atom is -0.497 e. The molecule has 0 radical (unpaired) electrons. The second-order valence-corrected chi connectivity index (χ2v) is 6.48. The van der Waals surface area contributed by atoms with Gasteiger partial charge in [-0.1, -0.05) is 6.07 Å². The summed E-state index contributed by atoms with van der Waals surface area (Å²) in [4.78, 5) is 36.9. The minimum absolute atomic E-state index is 0.0808. The summed E-state index contributed by atoms with van der Waals surface area (Å²) in [5.74, 6) is 0.360. The summed E-state index contributed by atoms with van der Waals surface area (Å²) in [7, 11) is 1.51. The number of rotatable bonds is 6. The zero-order valence-corrected chi connectivity index (χ0v) is 14.2. The van der Waals surface area contributed by atoms with E-state index in [0.29, 0.717) is 23.6 Å². The molecule has 1 atom stereocenters. The van der Waals surface area contributed by atoms with Gasteiger partial charge < -0.3 is 20.1 Å². The van der Waals surface area contributed by atoms with E-state index >= 15 is 0 Å². The maximum absolute atomic E-state index is 12.3. The molecular weight excluding hydrogens is 332 g/mol. The van der Waals surface area contributed by atoms with Crippen molar-refractivity contribution in [2.24, 2.45) is 0 Å². The van der Waals surface area contributed by atoms with E-state index in [0.717, 1.165) is 5.75 Å². The molecule has 2 amide bonds. The highest BCUT2D eigenvalue weighted by Crippen LogP contribution is 2.19. The first-order chi connectivity index (χ1) is 11.5. The molecule has 0 spiro atoms. The summed E-state index contributed by atoms with van der Waals surface area (Å²) in [6, 6.07) is 6.31. The topological polar surface area (TPSA) is 95.9 Å². The van der Waals surface area contributed by atoms with Crippen molar-refractivity contribution in [3.63, 3.8) is 0 Å². The molecular formula is C16H20N2O5S. The summed E-state index contributed by atoms with van der Waals surface area (Å²) in [5.41, 5.74) is 0.401. The van der Waals surface area contributed by atoms with Crippen molar-refractivity contribution >= 4 is 29.5 Å². The Kier molecular flexibility index (Phi) is 6.48. The van der Waals surface area contributed by atoms with Crippen LogP contribution in [0.2, 0.25) is 0 Å². The van der Waals surface area contributed by atoms with Crippen molar-refractivity contribution in [3.8, 4) is 5.75 Å². The molecule has 0 aliphatic carbocycles. The highest BCUT2D eigenvalue weighted by molar-refractivity contribution is 7.99. The standard InChI is InChI=1S/C16H20N2O5S/c1-23-13-4-2-3-11(7-13)16(22)17-9-14(19)18-5-6-24-10-12(18)8-15(20)21/h2-4,7,12H,5-6,8-10H2,1H3,(H,17,22)(H,20,21). The fraction of sp³-hybridized carbons (Fsp3) is 0.438. The highest BCUT2D eigenvalue weighted by atomic mass is 32.2. The molecule has 0 saturated carbocycles. The summed E-state index contributed by atoms with van der Waals surface area (Å²) in [5, 5.41) is 11.5. The first-order valence-electron chi connectivity index (χ1n) is 7.52. The van der Waals surface area contributed by atoms with Gasteiger partial charge in [0, 0.05) is 23.6 Å². The van der Waals surface area contributed by atoms with Crippen molar-refractivity contribution in [2.75, 3.05) is 31.7 Å². The van der Waals surface area contributed by atoms with Crippen LogP contribution in [-0.2, 0) is 9.59 Å². The molecule has 8 heteroatoms. The maximum atomic E-state index is 12.3. The van der Waals surface area contributed by atoms with Gasteiger partial charge in [-0.3, -0.25) is 14.4 Å². The molecule has 1 heterocycles. The van der Waals surface area contributed by atoms with Gasteiger partial charge in [-0.05, 0) is 18.2 Å². The molecule has 2 N–H and O–H groups in total. The lowest BCUT2D eigenvalue weighted by molar-refractivity contribution is -0.140. The van der Waals surface area contributed by atoms with E-state index in [1.54, 1.807) is 40.9 Å². The Bertz CT molecular complexity index is 622. The molecule has 2 rings (SSSR count). The smallest absolute Gasteiger partial charge is 0.305 e. The van der Waals surface area contributed by atoms with E-state index in [2.05, 4.69) is 5.32 Å². The van der Waals surface area contributed by atoms with Gasteiger partial charge in [0.15, 0.2) is 0 Å². The number of carboxylic acids is 1. The summed E-state index contributed by atoms with van der Waals surface area (Å²) in [6.07, 6.45) is -0.0808. The molecule has 7 nitrogen and oxygen atoms in total. The van der Waals surface area contributed by atoms with Crippen molar-refractivity contribution in [3.05, 3.63) is 29.8 Å². The molecule has 1 saturated heterocycles. The van der Waals surface area contributed by atoms with Crippen LogP contribution in [0.15, 0.2) is 24.3 Å². The van der Waals surface area contributed by atoms with Crippen LogP contribution in [0, 0.1) is 0 Å². The highest BCUT2D eigenvalue weighted by Gasteiger charge is 2.28. The number of benzene rings is 1. The van der Waals surface area contributed by atoms with Crippen LogP contribution < -0.4 is 10.1 Å². The minimum atomic E-state index is -0.930. The van der Waals surface area contributed by atoms with Crippen LogP contribution in [-0.4, -0.2) is 65.5 Å². The van der Waals surface area contributed by atoms with E-state index < -0.39 is 5.97 Å². The van der Waals surface area contributed by atoms with Gasteiger partial charge in [0.1, 0.15) is 5.75 Å². The Morgan fingerprint density at radius 3 is 2.92 bits per heavy atom. The number of carboxylic acid groups (broad SMARTS) is 1. The van der Waals surface area contributed by atoms with Crippen molar-refractivity contribution in [2.45, 2.75) is 12.5 Å². The first kappa shape index (κ1) is 18.1. The molecule has 0 aromatic heterocycles. The van der Waals surface area contributed by atoms with Crippen molar-refractivity contribution in [1.29, 1.82) is 0 Å². The molecule has 0 bridgehead atoms. The van der Waals surface area contributed by atoms with Crippen molar-refractivity contribution < 1.29 is 24.2 Å². The molecule has 130 valence electrons. The number of hydrogen-bond donors (Lipinski definition) is 2. The van der Waals surface area contributed by atoms with Crippen molar-refractivity contribution in [1.82, 2.24) is 10.2 Å². The number of hydrogen-bond acceptors (Lipinski definition) is 5. The van der Waals surface area contributed by atoms with Gasteiger partial charge in [0.05, 0.1) is 26.1 Å². The third kappa shape index (κ3) is 4.89. The fourth-order valence-electron chi connectivity index (χ4n) is 2.48. The number of aliphatic carboxylic acids is 1. The predicted molar refractivity (Wildman–Crippen MR) is 90.4 cm³/mol. The third-order valence-corrected chi connectivity index (χ3v) is 4.78. The van der Waals surface area contributed by atoms with Gasteiger partial charge in [-0.25, -0.2) is 0 Å². The third-order valence-electron chi connectivity index (χ3n) is 3.69. The van der Waals surface area contributed by atoms with Crippen LogP contribution in [0.1, 0.15) is 16.8 Å². The Hall–Kier alpha value is -2.22. The lowest BCUT2D eigenvalue weighted by Crippen LogP contribution is -2.50. The number of thioether (sulfide) groups is 1. The number of carbonyl (C=O) groups is 3. The molecule has 1 aromatic carbocycles. The number of nitrogens with zero attached hydrogens (tertiary/aromatic N) is 1. The van der Waals surface area contributed by atoms with Crippen LogP contribution >= 0.6 is 11.8 Å². The Balaban J connectivity index is 1.93. The fourth-order valence-corrected chi connectivity index (χ4v) is 3.54. The quantitative estimate of drug-likeness (QED) is 0.788. The largest absolute Gasteiger partial charge is 0.497 e. The summed E-state index contributed by atoms with van der Waals surface area (Å²) >= 11 is 1.63. The van der Waals surface area contributed by atoms with Crippen LogP contribution in [0.3, 0.4) is 0 Å². The number of carbonyl (C=O) groups excluding carboxylic acids is 2. The van der Waals surface area contributed by atoms with E-state index in [4.69, 9.17) is 9.84 Å². The predicted octanol–water partition coefficient (Wildman–Crippen LogP) is 0.844. The van der Waals surface area contributed by atoms with E-state index in [1.807, 2.05) is 0 Å². The second kappa shape index (κ2) is 8.58. The Labute approximate surface area is 144 Å². The maximum Gasteiger partial charge on any atom is 0.305 e. The molecule has 1 aliphatic heterocycles. The molecule has 1 aliphatic rings. The Morgan fingerprint density at radius 2 is 2.21 bits per heavy atom. The number of ether oxygens (including phenoxy) is 1. The van der Waals surface area contributed by atoms with Gasteiger partial charge in [0.2, 0.25) is 5.91 Å². The van der Waals surface area contributed by atoms with Gasteiger partial charge in [-0.2, -0.15) is 11.8 Å². The van der Waals surface area contributed by atoms with Gasteiger partial charge in [0.25, 0.3) is 5.91 Å². The molecule has 1 unspecified atom stereocenters. The average Bonchev–Trinajstić information content (AvgIpc) is 2.59. The van der Waals surface area contributed by atoms with Crippen LogP contribution in [0.5, 0.6) is 5.75 Å². The van der Waals surface area contributed by atoms with E-state index in [1.165, 1.54) is 7.11 Å². The van der Waals surface area contributed by atoms with E-state index in [-0.39, 0.29) is 30.8 Å². The lowest BCUT2D eigenvalue weighted by atomic mass is 10.2. The first-order valence-corrected chi connectivity index (χ1v) is 8.68. The number of amides is 2. The normalized spacial score (nSPS) is 17.2. The van der Waals surface area contributed by atoms with Gasteiger partial charge in [-0.15, -0.1) is 0 Å². The average molecular weight is 352 g/mol. The van der Waals surface area contributed by atoms with Crippen LogP contribution in [0.25, 0.3) is 0 Å². The molecule has 1 aromatic rings. The lowest BCUT2D eigenvalue weighted by Gasteiger charge is -2.34. The number of nitrogens with one attached hydrogen (secondary N) is 1. The molecule has 1 fully saturated rings. The summed E-state index contributed by atoms with van der Waals surface area (Å²) in [6.45, 7) is 0.341. The zero-order chi connectivity index (χ0) is 17.5. The summed E-state index contributed by atoms with van der Waals surface area (Å²) < 4.78 is 5.06. The van der Waals surface area contributed by atoms with Crippen LogP contribution in [0.4, 0.5) is 0 Å². The zero-order valence-electron chi connectivity index (χ0n) is 13.4. The Morgan fingerprint density at radius 1 is 1.42 bits per heavy atom. The monoisotopic (exact) mass is 352 g/mol. The van der Waals surface area contributed by atoms with E-state index in [9.17, 15) is 14.4 Å². The molecule has 24 heavy (non-hydrogen) atoms.